The largest absolute Gasteiger partial charge is 0.452 e. The van der Waals surface area contributed by atoms with E-state index in [2.05, 4.69) is 26.1 Å². The van der Waals surface area contributed by atoms with Crippen LogP contribution in [0.1, 0.15) is 59.2 Å². The molecule has 0 bridgehead atoms. The highest BCUT2D eigenvalue weighted by atomic mass is 32.1. The van der Waals surface area contributed by atoms with Crippen LogP contribution >= 0.6 is 11.3 Å². The number of hydrogen-bond donors (Lipinski definition) is 2. The van der Waals surface area contributed by atoms with Crippen LogP contribution in [-0.2, 0) is 22.4 Å². The first-order valence-corrected chi connectivity index (χ1v) is 11.8. The van der Waals surface area contributed by atoms with Gasteiger partial charge in [0.15, 0.2) is 6.61 Å². The molecular formula is C25H27N3O4S. The number of amides is 2. The van der Waals surface area contributed by atoms with Gasteiger partial charge in [-0.1, -0.05) is 39.0 Å². The van der Waals surface area contributed by atoms with Crippen LogP contribution in [0, 0.1) is 11.3 Å². The van der Waals surface area contributed by atoms with Gasteiger partial charge in [-0.15, -0.1) is 11.3 Å². The highest BCUT2D eigenvalue weighted by Gasteiger charge is 2.33. The standard InChI is InChI=1S/C25H27N3O4S/c1-25(2,3)14-8-9-19-17(12-14)21(15-6-4-5-7-18(15)27-19)24(31)32-13-20(29)28-23-16(22(26)30)10-11-33-23/h4-7,10-11,14H,8-9,12-13H2,1-3H3,(H2,26,30)(H,28,29). The maximum atomic E-state index is 13.3. The van der Waals surface area contributed by atoms with Crippen molar-refractivity contribution in [2.45, 2.75) is 40.0 Å². The molecule has 1 aliphatic rings. The van der Waals surface area contributed by atoms with Gasteiger partial charge in [0.2, 0.25) is 0 Å². The maximum absolute atomic E-state index is 13.3. The monoisotopic (exact) mass is 465 g/mol. The molecule has 1 unspecified atom stereocenters. The van der Waals surface area contributed by atoms with Crippen molar-refractivity contribution in [2.24, 2.45) is 17.1 Å². The van der Waals surface area contributed by atoms with E-state index in [9.17, 15) is 14.4 Å². The second-order valence-electron chi connectivity index (χ2n) is 9.39. The molecule has 2 aromatic heterocycles. The van der Waals surface area contributed by atoms with Gasteiger partial charge in [-0.25, -0.2) is 4.79 Å². The molecule has 1 atom stereocenters. The second kappa shape index (κ2) is 8.94. The Morgan fingerprint density at radius 3 is 2.70 bits per heavy atom. The van der Waals surface area contributed by atoms with E-state index in [0.29, 0.717) is 16.5 Å². The summed E-state index contributed by atoms with van der Waals surface area (Å²) in [5, 5.41) is 5.31. The third-order valence-electron chi connectivity index (χ3n) is 6.21. The van der Waals surface area contributed by atoms with Crippen LogP contribution in [0.5, 0.6) is 0 Å². The Bertz CT molecular complexity index is 1240. The minimum Gasteiger partial charge on any atom is -0.452 e. The summed E-state index contributed by atoms with van der Waals surface area (Å²) in [6.45, 7) is 6.17. The van der Waals surface area contributed by atoms with Gasteiger partial charge in [0, 0.05) is 11.1 Å². The molecular weight excluding hydrogens is 438 g/mol. The zero-order valence-corrected chi connectivity index (χ0v) is 19.8. The number of pyridine rings is 1. The summed E-state index contributed by atoms with van der Waals surface area (Å²) in [5.74, 6) is -1.30. The predicted molar refractivity (Wildman–Crippen MR) is 128 cm³/mol. The minimum atomic E-state index is -0.633. The lowest BCUT2D eigenvalue weighted by Gasteiger charge is -2.35. The third kappa shape index (κ3) is 4.75. The summed E-state index contributed by atoms with van der Waals surface area (Å²) in [7, 11) is 0. The number of ether oxygens (including phenoxy) is 1. The number of nitrogens with one attached hydrogen (secondary N) is 1. The predicted octanol–water partition coefficient (Wildman–Crippen LogP) is 4.34. The minimum absolute atomic E-state index is 0.100. The number of esters is 1. The van der Waals surface area contributed by atoms with Crippen LogP contribution in [-0.4, -0.2) is 29.4 Å². The molecule has 0 fully saturated rings. The van der Waals surface area contributed by atoms with Gasteiger partial charge < -0.3 is 15.8 Å². The van der Waals surface area contributed by atoms with Gasteiger partial charge in [-0.2, -0.15) is 0 Å². The maximum Gasteiger partial charge on any atom is 0.339 e. The van der Waals surface area contributed by atoms with E-state index in [1.165, 1.54) is 17.4 Å². The molecule has 0 aliphatic heterocycles. The topological polar surface area (TPSA) is 111 Å². The summed E-state index contributed by atoms with van der Waals surface area (Å²) in [6, 6.07) is 9.05. The molecule has 0 spiro atoms. The Morgan fingerprint density at radius 1 is 1.21 bits per heavy atom. The molecule has 1 aromatic carbocycles. The summed E-state index contributed by atoms with van der Waals surface area (Å²) in [5.41, 5.74) is 8.72. The lowest BCUT2D eigenvalue weighted by Crippen LogP contribution is -2.29. The average molecular weight is 466 g/mol. The summed E-state index contributed by atoms with van der Waals surface area (Å²) in [6.07, 6.45) is 2.56. The van der Waals surface area contributed by atoms with Gasteiger partial charge in [0.05, 0.1) is 16.6 Å². The van der Waals surface area contributed by atoms with Gasteiger partial charge in [-0.05, 0) is 53.7 Å². The Morgan fingerprint density at radius 2 is 1.97 bits per heavy atom. The molecule has 33 heavy (non-hydrogen) atoms. The van der Waals surface area contributed by atoms with Crippen molar-refractivity contribution in [3.05, 3.63) is 58.1 Å². The number of aromatic nitrogens is 1. The number of benzene rings is 1. The number of hydrogen-bond acceptors (Lipinski definition) is 6. The summed E-state index contributed by atoms with van der Waals surface area (Å²) in [4.78, 5) is 42.0. The van der Waals surface area contributed by atoms with E-state index < -0.39 is 24.4 Å². The molecule has 0 saturated heterocycles. The SMILES string of the molecule is CC(C)(C)C1CCc2nc3ccccc3c(C(=O)OCC(=O)Nc3sccc3C(N)=O)c2C1. The molecule has 0 saturated carbocycles. The molecule has 4 rings (SSSR count). The molecule has 7 nitrogen and oxygen atoms in total. The number of fused-ring (bicyclic) bond motifs is 2. The van der Waals surface area contributed by atoms with E-state index in [4.69, 9.17) is 15.5 Å². The van der Waals surface area contributed by atoms with Crippen LogP contribution in [0.15, 0.2) is 35.7 Å². The highest BCUT2D eigenvalue weighted by molar-refractivity contribution is 7.14. The zero-order chi connectivity index (χ0) is 23.8. The molecule has 8 heteroatoms. The van der Waals surface area contributed by atoms with Crippen LogP contribution in [0.4, 0.5) is 5.00 Å². The number of carbonyl (C=O) groups excluding carboxylic acids is 3. The third-order valence-corrected chi connectivity index (χ3v) is 7.04. The van der Waals surface area contributed by atoms with Crippen molar-refractivity contribution in [1.82, 2.24) is 4.98 Å². The normalized spacial score (nSPS) is 15.7. The van der Waals surface area contributed by atoms with E-state index in [1.54, 1.807) is 5.38 Å². The number of primary amides is 1. The fourth-order valence-corrected chi connectivity index (χ4v) is 5.14. The molecule has 2 heterocycles. The molecule has 0 radical (unpaired) electrons. The Balaban J connectivity index is 1.59. The number of nitrogens with zero attached hydrogens (tertiary/aromatic N) is 1. The van der Waals surface area contributed by atoms with Crippen LogP contribution in [0.25, 0.3) is 10.9 Å². The van der Waals surface area contributed by atoms with Crippen LogP contribution in [0.3, 0.4) is 0 Å². The van der Waals surface area contributed by atoms with Crippen molar-refractivity contribution in [3.8, 4) is 0 Å². The number of rotatable bonds is 5. The van der Waals surface area contributed by atoms with Gasteiger partial charge >= 0.3 is 5.97 Å². The first-order valence-electron chi connectivity index (χ1n) is 10.9. The van der Waals surface area contributed by atoms with Gasteiger partial charge in [0.25, 0.3) is 11.8 Å². The van der Waals surface area contributed by atoms with E-state index in [1.807, 2.05) is 24.3 Å². The van der Waals surface area contributed by atoms with E-state index in [-0.39, 0.29) is 11.0 Å². The Labute approximate surface area is 196 Å². The number of anilines is 1. The van der Waals surface area contributed by atoms with Crippen LogP contribution in [0.2, 0.25) is 0 Å². The zero-order valence-electron chi connectivity index (χ0n) is 18.9. The molecule has 1 aliphatic carbocycles. The van der Waals surface area contributed by atoms with Gasteiger partial charge in [0.1, 0.15) is 5.00 Å². The van der Waals surface area contributed by atoms with E-state index >= 15 is 0 Å². The van der Waals surface area contributed by atoms with Gasteiger partial charge in [-0.3, -0.25) is 14.6 Å². The highest BCUT2D eigenvalue weighted by Crippen LogP contribution is 2.39. The fraction of sp³-hybridized carbons (Fsp3) is 0.360. The lowest BCUT2D eigenvalue weighted by atomic mass is 9.70. The Hall–Kier alpha value is -3.26. The number of aryl methyl sites for hydroxylation is 1. The fourth-order valence-electron chi connectivity index (χ4n) is 4.33. The average Bonchev–Trinajstić information content (AvgIpc) is 3.23. The summed E-state index contributed by atoms with van der Waals surface area (Å²) >= 11 is 1.18. The van der Waals surface area contributed by atoms with Crippen LogP contribution < -0.4 is 11.1 Å². The smallest absolute Gasteiger partial charge is 0.339 e. The Kier molecular flexibility index (Phi) is 6.21. The number of nitrogens with two attached hydrogens (primary N) is 1. The van der Waals surface area contributed by atoms with Crippen molar-refractivity contribution < 1.29 is 19.1 Å². The van der Waals surface area contributed by atoms with Crippen molar-refractivity contribution in [3.63, 3.8) is 0 Å². The quantitative estimate of drug-likeness (QED) is 0.545. The number of carbonyl (C=O) groups is 3. The van der Waals surface area contributed by atoms with E-state index in [0.717, 1.165) is 41.4 Å². The molecule has 2 amide bonds. The first kappa shape index (κ1) is 22.9. The van der Waals surface area contributed by atoms with Crippen molar-refractivity contribution in [1.29, 1.82) is 0 Å². The van der Waals surface area contributed by atoms with Crippen molar-refractivity contribution in [2.75, 3.05) is 11.9 Å². The lowest BCUT2D eigenvalue weighted by molar-refractivity contribution is -0.119. The van der Waals surface area contributed by atoms with Crippen molar-refractivity contribution >= 4 is 45.0 Å². The molecule has 3 N–H and O–H groups in total. The number of thiophene rings is 1. The molecule has 3 aromatic rings. The summed E-state index contributed by atoms with van der Waals surface area (Å²) < 4.78 is 5.44. The second-order valence-corrected chi connectivity index (χ2v) is 10.3. The number of para-hydroxylation sites is 1. The molecule has 172 valence electrons. The first-order chi connectivity index (χ1) is 15.6.